The second kappa shape index (κ2) is 11.8. The molecule has 2 heterocycles. The van der Waals surface area contributed by atoms with Gasteiger partial charge in [-0.05, 0) is 41.8 Å². The number of rotatable bonds is 9. The van der Waals surface area contributed by atoms with Crippen LogP contribution >= 0.6 is 46.9 Å². The predicted octanol–water partition coefficient (Wildman–Crippen LogP) is 6.02. The Labute approximate surface area is 222 Å². The van der Waals surface area contributed by atoms with Gasteiger partial charge in [0.2, 0.25) is 5.91 Å². The van der Waals surface area contributed by atoms with Crippen molar-refractivity contribution in [2.45, 2.75) is 19.3 Å². The summed E-state index contributed by atoms with van der Waals surface area (Å²) in [5.41, 5.74) is 1.88. The molecule has 2 amide bonds. The van der Waals surface area contributed by atoms with Crippen LogP contribution in [0, 0.1) is 0 Å². The van der Waals surface area contributed by atoms with Gasteiger partial charge in [0.05, 0.1) is 12.0 Å². The highest BCUT2D eigenvalue weighted by molar-refractivity contribution is 8.26. The van der Waals surface area contributed by atoms with Crippen molar-refractivity contribution in [2.75, 3.05) is 19.0 Å². The predicted molar refractivity (Wildman–Crippen MR) is 147 cm³/mol. The van der Waals surface area contributed by atoms with Gasteiger partial charge in [0.1, 0.15) is 10.1 Å². The van der Waals surface area contributed by atoms with Crippen LogP contribution in [0.2, 0.25) is 5.02 Å². The number of benzene rings is 2. The number of nitrogens with zero attached hydrogens (tertiary/aromatic N) is 2. The first-order valence-electron chi connectivity index (χ1n) is 10.8. The Hall–Kier alpha value is -2.72. The molecule has 1 aromatic heterocycles. The highest BCUT2D eigenvalue weighted by Gasteiger charge is 2.31. The minimum Gasteiger partial charge on any atom is -0.497 e. The molecule has 0 spiro atoms. The molecule has 0 radical (unpaired) electrons. The van der Waals surface area contributed by atoms with Crippen molar-refractivity contribution in [1.29, 1.82) is 0 Å². The number of thiazole rings is 1. The topological polar surface area (TPSA) is 71.5 Å². The zero-order chi connectivity index (χ0) is 24.8. The van der Waals surface area contributed by atoms with Crippen molar-refractivity contribution in [3.05, 3.63) is 80.7 Å². The lowest BCUT2D eigenvalue weighted by atomic mass is 10.1. The standard InChI is InChI=1S/C25H22ClN3O3S3/c1-32-18-8-4-6-16(12-18)13-21-23(31)29(25(33)35-21)11-5-10-22(30)28-24-27-15-19(34-24)14-17-7-2-3-9-20(17)26/h2-4,6-9,12-13,15H,5,10-11,14H2,1H3,(H,27,28,30)/b21-13-. The van der Waals surface area contributed by atoms with Gasteiger partial charge < -0.3 is 10.1 Å². The van der Waals surface area contributed by atoms with Gasteiger partial charge in [-0.3, -0.25) is 14.5 Å². The number of thiocarbonyl (C=S) groups is 1. The summed E-state index contributed by atoms with van der Waals surface area (Å²) in [5.74, 6) is 0.421. The molecule has 180 valence electrons. The zero-order valence-electron chi connectivity index (χ0n) is 18.8. The van der Waals surface area contributed by atoms with Gasteiger partial charge in [-0.1, -0.05) is 65.9 Å². The number of carbonyl (C=O) groups excluding carboxylic acids is 2. The minimum atomic E-state index is -0.152. The maximum atomic E-state index is 12.8. The number of methoxy groups -OCH3 is 1. The van der Waals surface area contributed by atoms with E-state index in [-0.39, 0.29) is 18.2 Å². The Balaban J connectivity index is 1.27. The number of nitrogens with one attached hydrogen (secondary N) is 1. The Kier molecular flexibility index (Phi) is 8.56. The lowest BCUT2D eigenvalue weighted by Crippen LogP contribution is -2.29. The van der Waals surface area contributed by atoms with Crippen molar-refractivity contribution in [3.63, 3.8) is 0 Å². The minimum absolute atomic E-state index is 0.146. The van der Waals surface area contributed by atoms with E-state index in [9.17, 15) is 9.59 Å². The third-order valence-electron chi connectivity index (χ3n) is 5.17. The van der Waals surface area contributed by atoms with Crippen LogP contribution in [0.5, 0.6) is 5.75 Å². The normalized spacial score (nSPS) is 14.6. The maximum absolute atomic E-state index is 12.8. The Bertz CT molecular complexity index is 1290. The number of hydrogen-bond donors (Lipinski definition) is 1. The van der Waals surface area contributed by atoms with Gasteiger partial charge in [-0.2, -0.15) is 0 Å². The number of carbonyl (C=O) groups is 2. The van der Waals surface area contributed by atoms with Crippen LogP contribution in [-0.4, -0.2) is 39.7 Å². The number of amides is 2. The molecule has 1 N–H and O–H groups in total. The van der Waals surface area contributed by atoms with E-state index in [4.69, 9.17) is 28.6 Å². The Morgan fingerprint density at radius 3 is 2.89 bits per heavy atom. The second-order valence-corrected chi connectivity index (χ2v) is 10.9. The van der Waals surface area contributed by atoms with Gasteiger partial charge in [0.25, 0.3) is 5.91 Å². The fourth-order valence-electron chi connectivity index (χ4n) is 3.43. The van der Waals surface area contributed by atoms with Gasteiger partial charge in [-0.15, -0.1) is 11.3 Å². The molecule has 10 heteroatoms. The van der Waals surface area contributed by atoms with Gasteiger partial charge >= 0.3 is 0 Å². The van der Waals surface area contributed by atoms with E-state index >= 15 is 0 Å². The Morgan fingerprint density at radius 1 is 1.26 bits per heavy atom. The van der Waals surface area contributed by atoms with E-state index in [1.807, 2.05) is 48.5 Å². The van der Waals surface area contributed by atoms with Crippen LogP contribution in [0.15, 0.2) is 59.6 Å². The zero-order valence-corrected chi connectivity index (χ0v) is 22.0. The summed E-state index contributed by atoms with van der Waals surface area (Å²) >= 11 is 14.3. The number of hydrogen-bond acceptors (Lipinski definition) is 7. The summed E-state index contributed by atoms with van der Waals surface area (Å²) < 4.78 is 5.73. The van der Waals surface area contributed by atoms with Crippen LogP contribution in [0.25, 0.3) is 6.08 Å². The number of thioether (sulfide) groups is 1. The smallest absolute Gasteiger partial charge is 0.266 e. The summed E-state index contributed by atoms with van der Waals surface area (Å²) in [6.45, 7) is 0.378. The molecule has 0 bridgehead atoms. The van der Waals surface area contributed by atoms with Crippen molar-refractivity contribution in [3.8, 4) is 5.75 Å². The van der Waals surface area contributed by atoms with Gasteiger partial charge in [0, 0.05) is 35.5 Å². The number of anilines is 1. The second-order valence-electron chi connectivity index (χ2n) is 7.66. The molecule has 0 atom stereocenters. The highest BCUT2D eigenvalue weighted by Crippen LogP contribution is 2.33. The van der Waals surface area contributed by atoms with Crippen LogP contribution in [0.3, 0.4) is 0 Å². The molecule has 3 aromatic rings. The molecule has 0 aliphatic carbocycles. The summed E-state index contributed by atoms with van der Waals surface area (Å²) in [4.78, 5) is 32.6. The molecule has 1 aliphatic heterocycles. The molecule has 0 unspecified atom stereocenters. The molecule has 1 aliphatic rings. The molecule has 0 saturated carbocycles. The van der Waals surface area contributed by atoms with E-state index in [1.54, 1.807) is 24.3 Å². The highest BCUT2D eigenvalue weighted by atomic mass is 35.5. The van der Waals surface area contributed by atoms with Crippen LogP contribution < -0.4 is 10.1 Å². The lowest BCUT2D eigenvalue weighted by Gasteiger charge is -2.13. The van der Waals surface area contributed by atoms with E-state index in [0.29, 0.717) is 38.8 Å². The number of ether oxygens (including phenoxy) is 1. The molecule has 1 saturated heterocycles. The van der Waals surface area contributed by atoms with E-state index in [0.717, 1.165) is 21.8 Å². The summed E-state index contributed by atoms with van der Waals surface area (Å²) in [6, 6.07) is 15.1. The third-order valence-corrected chi connectivity index (χ3v) is 7.83. The first kappa shape index (κ1) is 25.4. The van der Waals surface area contributed by atoms with E-state index in [1.165, 1.54) is 23.1 Å². The van der Waals surface area contributed by atoms with E-state index < -0.39 is 0 Å². The van der Waals surface area contributed by atoms with Crippen molar-refractivity contribution in [2.24, 2.45) is 0 Å². The molecule has 4 rings (SSSR count). The lowest BCUT2D eigenvalue weighted by molar-refractivity contribution is -0.122. The maximum Gasteiger partial charge on any atom is 0.266 e. The summed E-state index contributed by atoms with van der Waals surface area (Å²) in [5, 5.41) is 4.09. The van der Waals surface area contributed by atoms with Gasteiger partial charge in [-0.25, -0.2) is 4.98 Å². The molecular weight excluding hydrogens is 522 g/mol. The molecule has 1 fully saturated rings. The number of aromatic nitrogens is 1. The summed E-state index contributed by atoms with van der Waals surface area (Å²) in [7, 11) is 1.60. The SMILES string of the molecule is COc1cccc(/C=C2\SC(=S)N(CCCC(=O)Nc3ncc(Cc4ccccc4Cl)s3)C2=O)c1. The Morgan fingerprint density at radius 2 is 2.09 bits per heavy atom. The van der Waals surface area contributed by atoms with Crippen molar-refractivity contribution in [1.82, 2.24) is 9.88 Å². The first-order valence-corrected chi connectivity index (χ1v) is 13.2. The van der Waals surface area contributed by atoms with Crippen LogP contribution in [0.4, 0.5) is 5.13 Å². The average molecular weight is 544 g/mol. The fraction of sp³-hybridized carbons (Fsp3) is 0.200. The van der Waals surface area contributed by atoms with Crippen molar-refractivity contribution < 1.29 is 14.3 Å². The monoisotopic (exact) mass is 543 g/mol. The first-order chi connectivity index (χ1) is 16.9. The molecule has 35 heavy (non-hydrogen) atoms. The average Bonchev–Trinajstić information content (AvgIpc) is 3.39. The largest absolute Gasteiger partial charge is 0.497 e. The van der Waals surface area contributed by atoms with Crippen molar-refractivity contribution >= 4 is 74.3 Å². The third kappa shape index (κ3) is 6.70. The van der Waals surface area contributed by atoms with Crippen LogP contribution in [-0.2, 0) is 16.0 Å². The quantitative estimate of drug-likeness (QED) is 0.263. The van der Waals surface area contributed by atoms with Gasteiger partial charge in [0.15, 0.2) is 5.13 Å². The number of halogens is 1. The molecular formula is C25H22ClN3O3S3. The summed E-state index contributed by atoms with van der Waals surface area (Å²) in [6.07, 6.45) is 4.95. The fourth-order valence-corrected chi connectivity index (χ4v) is 5.79. The molecule has 2 aromatic carbocycles. The van der Waals surface area contributed by atoms with E-state index in [2.05, 4.69) is 10.3 Å². The molecule has 6 nitrogen and oxygen atoms in total. The van der Waals surface area contributed by atoms with Crippen LogP contribution in [0.1, 0.15) is 28.8 Å².